The second-order valence-corrected chi connectivity index (χ2v) is 7.37. The molecule has 4 atom stereocenters. The second kappa shape index (κ2) is 15.1. The van der Waals surface area contributed by atoms with Gasteiger partial charge in [-0.2, -0.15) is 0 Å². The first kappa shape index (κ1) is 28.3. The third-order valence-electron chi connectivity index (χ3n) is 4.84. The van der Waals surface area contributed by atoms with Crippen molar-refractivity contribution in [3.05, 3.63) is 0 Å². The third kappa shape index (κ3) is 11.9. The minimum atomic E-state index is -1.41. The lowest BCUT2D eigenvalue weighted by Gasteiger charge is -2.22. The Bertz CT molecular complexity index is 629. The molecular formula is C19H35N5O7. The summed E-state index contributed by atoms with van der Waals surface area (Å²) in [5.41, 5.74) is 11.2. The maximum atomic E-state index is 12.5. The van der Waals surface area contributed by atoms with E-state index in [0.717, 1.165) is 0 Å². The Morgan fingerprint density at radius 3 is 2.10 bits per heavy atom. The summed E-state index contributed by atoms with van der Waals surface area (Å²) in [7, 11) is 0. The molecule has 0 heterocycles. The number of amides is 3. The number of carbonyl (C=O) groups is 5. The highest BCUT2D eigenvalue weighted by Crippen LogP contribution is 2.06. The summed E-state index contributed by atoms with van der Waals surface area (Å²) in [5, 5.41) is 25.1. The van der Waals surface area contributed by atoms with Crippen LogP contribution < -0.4 is 27.4 Å². The van der Waals surface area contributed by atoms with Gasteiger partial charge in [0.05, 0.1) is 12.6 Å². The smallest absolute Gasteiger partial charge is 0.326 e. The molecule has 0 saturated heterocycles. The maximum absolute atomic E-state index is 12.5. The van der Waals surface area contributed by atoms with E-state index >= 15 is 0 Å². The molecule has 0 aromatic heterocycles. The molecule has 0 fully saturated rings. The van der Waals surface area contributed by atoms with Crippen LogP contribution in [0.25, 0.3) is 0 Å². The minimum Gasteiger partial charge on any atom is -0.481 e. The molecule has 12 heteroatoms. The van der Waals surface area contributed by atoms with Crippen molar-refractivity contribution in [2.75, 3.05) is 13.1 Å². The second-order valence-electron chi connectivity index (χ2n) is 7.37. The molecule has 12 nitrogen and oxygen atoms in total. The summed E-state index contributed by atoms with van der Waals surface area (Å²) in [6.45, 7) is 3.68. The summed E-state index contributed by atoms with van der Waals surface area (Å²) in [4.78, 5) is 58.7. The minimum absolute atomic E-state index is 0.0726. The molecule has 0 aliphatic rings. The third-order valence-corrected chi connectivity index (χ3v) is 4.84. The van der Waals surface area contributed by atoms with Gasteiger partial charge in [-0.25, -0.2) is 4.79 Å². The van der Waals surface area contributed by atoms with Crippen molar-refractivity contribution in [1.82, 2.24) is 16.0 Å². The Morgan fingerprint density at radius 1 is 0.935 bits per heavy atom. The Kier molecular flexibility index (Phi) is 13.8. The van der Waals surface area contributed by atoms with E-state index in [0.29, 0.717) is 25.8 Å². The van der Waals surface area contributed by atoms with E-state index in [4.69, 9.17) is 16.6 Å². The first-order chi connectivity index (χ1) is 14.5. The molecule has 0 aliphatic heterocycles. The van der Waals surface area contributed by atoms with Gasteiger partial charge in [0.15, 0.2) is 0 Å². The summed E-state index contributed by atoms with van der Waals surface area (Å²) in [6, 6.07) is -3.25. The lowest BCUT2D eigenvalue weighted by Crippen LogP contribution is -2.54. The first-order valence-electron chi connectivity index (χ1n) is 10.3. The van der Waals surface area contributed by atoms with Gasteiger partial charge in [0.25, 0.3) is 0 Å². The molecule has 0 aromatic rings. The molecule has 3 amide bonds. The zero-order valence-corrected chi connectivity index (χ0v) is 18.1. The Hall–Kier alpha value is -2.73. The molecule has 4 unspecified atom stereocenters. The standard InChI is InChI=1S/C19H35N5O7/c1-3-11(2)16(21)18(29)22-10-14(25)23-12(6-4-5-9-20)17(28)24-13(19(30)31)7-8-15(26)27/h11-13,16H,3-10,20-21H2,1-2H3,(H,22,29)(H,23,25)(H,24,28)(H,26,27)(H,30,31). The predicted molar refractivity (Wildman–Crippen MR) is 112 cm³/mol. The van der Waals surface area contributed by atoms with Crippen molar-refractivity contribution in [2.24, 2.45) is 17.4 Å². The Balaban J connectivity index is 4.97. The molecule has 178 valence electrons. The molecule has 0 rings (SSSR count). The quantitative estimate of drug-likeness (QED) is 0.138. The van der Waals surface area contributed by atoms with Crippen LogP contribution in [0, 0.1) is 5.92 Å². The van der Waals surface area contributed by atoms with Gasteiger partial charge in [0.2, 0.25) is 17.7 Å². The van der Waals surface area contributed by atoms with E-state index in [1.807, 2.05) is 13.8 Å². The summed E-state index contributed by atoms with van der Waals surface area (Å²) < 4.78 is 0. The van der Waals surface area contributed by atoms with E-state index in [1.54, 1.807) is 0 Å². The number of rotatable bonds is 16. The van der Waals surface area contributed by atoms with Crippen molar-refractivity contribution in [3.63, 3.8) is 0 Å². The van der Waals surface area contributed by atoms with Crippen molar-refractivity contribution < 1.29 is 34.2 Å². The average Bonchev–Trinajstić information content (AvgIpc) is 2.72. The topological polar surface area (TPSA) is 214 Å². The molecule has 0 spiro atoms. The molecule has 0 saturated carbocycles. The largest absolute Gasteiger partial charge is 0.481 e. The summed E-state index contributed by atoms with van der Waals surface area (Å²) in [6.07, 6.45) is 1.22. The van der Waals surface area contributed by atoms with E-state index in [2.05, 4.69) is 16.0 Å². The van der Waals surface area contributed by atoms with Crippen LogP contribution in [0.4, 0.5) is 0 Å². The van der Waals surface area contributed by atoms with Crippen LogP contribution in [-0.2, 0) is 24.0 Å². The fraction of sp³-hybridized carbons (Fsp3) is 0.737. The van der Waals surface area contributed by atoms with Crippen molar-refractivity contribution in [2.45, 2.75) is 70.5 Å². The first-order valence-corrected chi connectivity index (χ1v) is 10.3. The highest BCUT2D eigenvalue weighted by atomic mass is 16.4. The number of hydrogen-bond acceptors (Lipinski definition) is 7. The monoisotopic (exact) mass is 445 g/mol. The number of carboxylic acid groups (broad SMARTS) is 2. The van der Waals surface area contributed by atoms with Crippen LogP contribution in [0.1, 0.15) is 52.4 Å². The molecule has 0 radical (unpaired) electrons. The highest BCUT2D eigenvalue weighted by Gasteiger charge is 2.27. The van der Waals surface area contributed by atoms with Gasteiger partial charge in [0.1, 0.15) is 12.1 Å². The zero-order chi connectivity index (χ0) is 24.0. The van der Waals surface area contributed by atoms with Gasteiger partial charge in [0, 0.05) is 6.42 Å². The Labute approximate surface area is 181 Å². The number of nitrogens with two attached hydrogens (primary N) is 2. The van der Waals surface area contributed by atoms with Gasteiger partial charge < -0.3 is 37.6 Å². The zero-order valence-electron chi connectivity index (χ0n) is 18.1. The average molecular weight is 446 g/mol. The van der Waals surface area contributed by atoms with Crippen molar-refractivity contribution >= 4 is 29.7 Å². The lowest BCUT2D eigenvalue weighted by molar-refractivity contribution is -0.143. The van der Waals surface area contributed by atoms with Gasteiger partial charge in [-0.05, 0) is 38.1 Å². The summed E-state index contributed by atoms with van der Waals surface area (Å²) in [5.74, 6) is -4.54. The van der Waals surface area contributed by atoms with Crippen LogP contribution >= 0.6 is 0 Å². The number of carbonyl (C=O) groups excluding carboxylic acids is 3. The molecule has 0 aliphatic carbocycles. The number of unbranched alkanes of at least 4 members (excludes halogenated alkanes) is 1. The van der Waals surface area contributed by atoms with Crippen molar-refractivity contribution in [3.8, 4) is 0 Å². The van der Waals surface area contributed by atoms with Crippen LogP contribution in [0.2, 0.25) is 0 Å². The normalized spacial score (nSPS) is 14.6. The van der Waals surface area contributed by atoms with E-state index in [1.165, 1.54) is 0 Å². The van der Waals surface area contributed by atoms with Gasteiger partial charge in [-0.15, -0.1) is 0 Å². The van der Waals surface area contributed by atoms with E-state index in [-0.39, 0.29) is 18.8 Å². The predicted octanol–water partition coefficient (Wildman–Crippen LogP) is -1.48. The number of carboxylic acids is 2. The SMILES string of the molecule is CCC(C)C(N)C(=O)NCC(=O)NC(CCCCN)C(=O)NC(CCC(=O)O)C(=O)O. The molecule has 31 heavy (non-hydrogen) atoms. The maximum Gasteiger partial charge on any atom is 0.326 e. The number of hydrogen-bond donors (Lipinski definition) is 7. The van der Waals surface area contributed by atoms with Crippen LogP contribution in [0.5, 0.6) is 0 Å². The van der Waals surface area contributed by atoms with Gasteiger partial charge in [-0.3, -0.25) is 19.2 Å². The fourth-order valence-corrected chi connectivity index (χ4v) is 2.60. The summed E-state index contributed by atoms with van der Waals surface area (Å²) >= 11 is 0. The van der Waals surface area contributed by atoms with E-state index < -0.39 is 60.8 Å². The van der Waals surface area contributed by atoms with Crippen LogP contribution in [0.3, 0.4) is 0 Å². The number of aliphatic carboxylic acids is 2. The molecule has 0 aromatic carbocycles. The molecule has 0 bridgehead atoms. The van der Waals surface area contributed by atoms with Crippen LogP contribution in [0.15, 0.2) is 0 Å². The van der Waals surface area contributed by atoms with Gasteiger partial charge in [-0.1, -0.05) is 20.3 Å². The van der Waals surface area contributed by atoms with Crippen molar-refractivity contribution in [1.29, 1.82) is 0 Å². The fourth-order valence-electron chi connectivity index (χ4n) is 2.60. The molecule has 9 N–H and O–H groups in total. The van der Waals surface area contributed by atoms with E-state index in [9.17, 15) is 29.1 Å². The Morgan fingerprint density at radius 2 is 1.58 bits per heavy atom. The van der Waals surface area contributed by atoms with Gasteiger partial charge >= 0.3 is 11.9 Å². The number of nitrogens with one attached hydrogen (secondary N) is 3. The van der Waals surface area contributed by atoms with Crippen LogP contribution in [-0.4, -0.2) is 71.1 Å². The molecular weight excluding hydrogens is 410 g/mol. The highest BCUT2D eigenvalue weighted by molar-refractivity contribution is 5.92. The lowest BCUT2D eigenvalue weighted by atomic mass is 9.99.